The van der Waals surface area contributed by atoms with Crippen molar-refractivity contribution >= 4 is 5.91 Å². The van der Waals surface area contributed by atoms with Crippen LogP contribution in [0.25, 0.3) is 5.69 Å². The van der Waals surface area contributed by atoms with Crippen LogP contribution in [0.3, 0.4) is 0 Å². The Labute approximate surface area is 136 Å². The third-order valence-corrected chi connectivity index (χ3v) is 4.13. The summed E-state index contributed by atoms with van der Waals surface area (Å²) in [5.74, 6) is -0.105. The van der Waals surface area contributed by atoms with Gasteiger partial charge >= 0.3 is 0 Å². The topological polar surface area (TPSA) is 59.4 Å². The molecule has 23 heavy (non-hydrogen) atoms. The molecule has 1 aromatic heterocycles. The number of amides is 1. The number of ether oxygens (including phenoxy) is 1. The average molecular weight is 314 g/mol. The summed E-state index contributed by atoms with van der Waals surface area (Å²) >= 11 is 0. The van der Waals surface area contributed by atoms with E-state index >= 15 is 0 Å². The number of carbonyl (C=O) groups is 1. The first kappa shape index (κ1) is 15.7. The molecule has 1 amide bonds. The minimum absolute atomic E-state index is 0.105. The van der Waals surface area contributed by atoms with E-state index in [2.05, 4.69) is 22.1 Å². The fraction of sp³-hybridized carbons (Fsp3) is 0.412. The molecule has 1 fully saturated rings. The van der Waals surface area contributed by atoms with Crippen LogP contribution in [0.15, 0.2) is 42.9 Å². The van der Waals surface area contributed by atoms with Crippen molar-refractivity contribution in [2.24, 2.45) is 0 Å². The molecular weight excluding hydrogens is 292 g/mol. The zero-order valence-corrected chi connectivity index (χ0v) is 13.3. The number of morpholine rings is 1. The van der Waals surface area contributed by atoms with Crippen molar-refractivity contribution in [3.05, 3.63) is 48.5 Å². The molecule has 1 aliphatic heterocycles. The number of hydrogen-bond acceptors (Lipinski definition) is 4. The molecular formula is C17H22N4O2. The van der Waals surface area contributed by atoms with Crippen molar-refractivity contribution in [1.29, 1.82) is 0 Å². The Morgan fingerprint density at radius 1 is 1.30 bits per heavy atom. The van der Waals surface area contributed by atoms with E-state index in [1.165, 1.54) is 0 Å². The minimum Gasteiger partial charge on any atom is -0.379 e. The van der Waals surface area contributed by atoms with Gasteiger partial charge in [-0.05, 0) is 19.1 Å². The molecule has 0 radical (unpaired) electrons. The molecule has 0 spiro atoms. The molecule has 2 aromatic rings. The predicted molar refractivity (Wildman–Crippen MR) is 87.8 cm³/mol. The molecule has 0 aliphatic carbocycles. The minimum atomic E-state index is -0.105. The summed E-state index contributed by atoms with van der Waals surface area (Å²) in [6, 6.07) is 10.0. The van der Waals surface area contributed by atoms with E-state index in [1.807, 2.05) is 30.3 Å². The van der Waals surface area contributed by atoms with Gasteiger partial charge in [0, 0.05) is 31.4 Å². The van der Waals surface area contributed by atoms with Gasteiger partial charge in [-0.1, -0.05) is 18.2 Å². The maximum atomic E-state index is 12.5. The normalized spacial score (nSPS) is 16.9. The first-order valence-electron chi connectivity index (χ1n) is 7.93. The maximum Gasteiger partial charge on any atom is 0.269 e. The Balaban J connectivity index is 1.62. The van der Waals surface area contributed by atoms with Crippen LogP contribution in [-0.4, -0.2) is 59.2 Å². The summed E-state index contributed by atoms with van der Waals surface area (Å²) in [6.07, 6.45) is 3.26. The van der Waals surface area contributed by atoms with E-state index in [-0.39, 0.29) is 11.9 Å². The number of imidazole rings is 1. The molecule has 6 heteroatoms. The Morgan fingerprint density at radius 2 is 2.04 bits per heavy atom. The Hall–Kier alpha value is -2.18. The van der Waals surface area contributed by atoms with Crippen molar-refractivity contribution in [3.63, 3.8) is 0 Å². The van der Waals surface area contributed by atoms with E-state index in [0.717, 1.165) is 32.0 Å². The van der Waals surface area contributed by atoms with Crippen molar-refractivity contribution in [1.82, 2.24) is 19.8 Å². The first-order valence-corrected chi connectivity index (χ1v) is 7.93. The zero-order chi connectivity index (χ0) is 16.1. The number of carbonyl (C=O) groups excluding carboxylic acids is 1. The third kappa shape index (κ3) is 3.78. The smallest absolute Gasteiger partial charge is 0.269 e. The summed E-state index contributed by atoms with van der Waals surface area (Å²) in [7, 11) is 0. The second kappa shape index (κ2) is 7.39. The molecule has 0 unspecified atom stereocenters. The van der Waals surface area contributed by atoms with E-state index in [4.69, 9.17) is 4.74 Å². The highest BCUT2D eigenvalue weighted by molar-refractivity contribution is 5.93. The second-order valence-electron chi connectivity index (χ2n) is 5.69. The van der Waals surface area contributed by atoms with Gasteiger partial charge in [0.25, 0.3) is 5.91 Å². The lowest BCUT2D eigenvalue weighted by Gasteiger charge is -2.32. The van der Waals surface area contributed by atoms with Crippen molar-refractivity contribution in [2.75, 3.05) is 32.8 Å². The van der Waals surface area contributed by atoms with E-state index in [9.17, 15) is 4.79 Å². The van der Waals surface area contributed by atoms with Crippen LogP contribution < -0.4 is 5.32 Å². The van der Waals surface area contributed by atoms with E-state index in [1.54, 1.807) is 17.1 Å². The van der Waals surface area contributed by atoms with Gasteiger partial charge in [0.2, 0.25) is 0 Å². The molecule has 2 heterocycles. The predicted octanol–water partition coefficient (Wildman–Crippen LogP) is 1.32. The molecule has 1 atom stereocenters. The summed E-state index contributed by atoms with van der Waals surface area (Å²) in [5, 5.41) is 3.01. The van der Waals surface area contributed by atoms with Crippen LogP contribution in [0.1, 0.15) is 17.4 Å². The van der Waals surface area contributed by atoms with Crippen LogP contribution in [0.2, 0.25) is 0 Å². The van der Waals surface area contributed by atoms with Crippen LogP contribution >= 0.6 is 0 Å². The number of nitrogens with zero attached hydrogens (tertiary/aromatic N) is 3. The lowest BCUT2D eigenvalue weighted by atomic mass is 10.2. The monoisotopic (exact) mass is 314 g/mol. The van der Waals surface area contributed by atoms with Crippen LogP contribution in [-0.2, 0) is 4.74 Å². The zero-order valence-electron chi connectivity index (χ0n) is 13.3. The van der Waals surface area contributed by atoms with Gasteiger partial charge in [0.05, 0.1) is 25.7 Å². The highest BCUT2D eigenvalue weighted by Crippen LogP contribution is 2.11. The number of nitrogens with one attached hydrogen (secondary N) is 1. The van der Waals surface area contributed by atoms with Crippen LogP contribution in [0.4, 0.5) is 0 Å². The second-order valence-corrected chi connectivity index (χ2v) is 5.69. The summed E-state index contributed by atoms with van der Waals surface area (Å²) in [5.41, 5.74) is 1.47. The highest BCUT2D eigenvalue weighted by Gasteiger charge is 2.19. The van der Waals surface area contributed by atoms with Gasteiger partial charge in [0.15, 0.2) is 0 Å². The molecule has 0 saturated carbocycles. The molecule has 0 bridgehead atoms. The van der Waals surface area contributed by atoms with Gasteiger partial charge < -0.3 is 10.1 Å². The van der Waals surface area contributed by atoms with Gasteiger partial charge in [-0.2, -0.15) is 0 Å². The van der Waals surface area contributed by atoms with Crippen molar-refractivity contribution in [2.45, 2.75) is 13.0 Å². The molecule has 1 aromatic carbocycles. The number of para-hydroxylation sites is 1. The number of rotatable bonds is 5. The Morgan fingerprint density at radius 3 is 2.78 bits per heavy atom. The van der Waals surface area contributed by atoms with Crippen LogP contribution in [0, 0.1) is 0 Å². The quantitative estimate of drug-likeness (QED) is 0.904. The number of aromatic nitrogens is 2. The fourth-order valence-corrected chi connectivity index (χ4v) is 2.74. The Bertz CT molecular complexity index is 635. The Kier molecular flexibility index (Phi) is 5.05. The van der Waals surface area contributed by atoms with Crippen molar-refractivity contribution in [3.8, 4) is 5.69 Å². The fourth-order valence-electron chi connectivity index (χ4n) is 2.74. The van der Waals surface area contributed by atoms with Gasteiger partial charge in [0.1, 0.15) is 5.69 Å². The van der Waals surface area contributed by atoms with E-state index < -0.39 is 0 Å². The molecule has 3 rings (SSSR count). The highest BCUT2D eigenvalue weighted by atomic mass is 16.5. The molecule has 1 saturated heterocycles. The number of hydrogen-bond donors (Lipinski definition) is 1. The SMILES string of the molecule is C[C@@H](CNC(=O)c1cncn1-c1ccccc1)N1CCOCC1. The van der Waals surface area contributed by atoms with Crippen LogP contribution in [0.5, 0.6) is 0 Å². The molecule has 1 aliphatic rings. The summed E-state index contributed by atoms with van der Waals surface area (Å²) in [4.78, 5) is 18.9. The first-order chi connectivity index (χ1) is 11.3. The van der Waals surface area contributed by atoms with Crippen molar-refractivity contribution < 1.29 is 9.53 Å². The molecule has 1 N–H and O–H groups in total. The summed E-state index contributed by atoms with van der Waals surface area (Å²) < 4.78 is 7.16. The van der Waals surface area contributed by atoms with Gasteiger partial charge in [-0.15, -0.1) is 0 Å². The lowest BCUT2D eigenvalue weighted by Crippen LogP contribution is -2.47. The third-order valence-electron chi connectivity index (χ3n) is 4.13. The van der Waals surface area contributed by atoms with E-state index in [0.29, 0.717) is 12.2 Å². The number of benzene rings is 1. The molecule has 6 nitrogen and oxygen atoms in total. The summed E-state index contributed by atoms with van der Waals surface area (Å²) in [6.45, 7) is 6.09. The average Bonchev–Trinajstić information content (AvgIpc) is 3.11. The van der Waals surface area contributed by atoms with Gasteiger partial charge in [-0.3, -0.25) is 14.3 Å². The lowest BCUT2D eigenvalue weighted by molar-refractivity contribution is 0.0204. The maximum absolute atomic E-state index is 12.5. The van der Waals surface area contributed by atoms with Gasteiger partial charge in [-0.25, -0.2) is 4.98 Å². The standard InChI is InChI=1S/C17H22N4O2/c1-14(20-7-9-23-10-8-20)11-19-17(22)16-12-18-13-21(16)15-5-3-2-4-6-15/h2-6,12-14H,7-11H2,1H3,(H,19,22)/t14-/m0/s1. The largest absolute Gasteiger partial charge is 0.379 e. The molecule has 122 valence electrons.